The fourth-order valence-corrected chi connectivity index (χ4v) is 2.08. The van der Waals surface area contributed by atoms with E-state index in [1.807, 2.05) is 0 Å². The number of hydrogen-bond acceptors (Lipinski definition) is 5. The highest BCUT2D eigenvalue weighted by Crippen LogP contribution is 2.18. The van der Waals surface area contributed by atoms with Crippen LogP contribution >= 0.6 is 0 Å². The van der Waals surface area contributed by atoms with Crippen molar-refractivity contribution >= 4 is 15.7 Å². The first kappa shape index (κ1) is 14.8. The summed E-state index contributed by atoms with van der Waals surface area (Å²) < 4.78 is 36.2. The lowest BCUT2D eigenvalue weighted by molar-refractivity contribution is 0.587. The Bertz CT molecular complexity index is 505. The maximum atomic E-state index is 14.0. The summed E-state index contributed by atoms with van der Waals surface area (Å²) in [6.07, 6.45) is 2.67. The van der Waals surface area contributed by atoms with Crippen molar-refractivity contribution in [2.45, 2.75) is 6.54 Å². The first-order valence-electron chi connectivity index (χ1n) is 5.52. The average Bonchev–Trinajstić information content (AvgIpc) is 2.28. The molecule has 18 heavy (non-hydrogen) atoms. The van der Waals surface area contributed by atoms with Crippen LogP contribution in [-0.4, -0.2) is 46.1 Å². The molecule has 1 N–H and O–H groups in total. The zero-order valence-corrected chi connectivity index (χ0v) is 11.6. The van der Waals surface area contributed by atoms with E-state index in [9.17, 15) is 12.8 Å². The SMILES string of the molecule is CNCc1ccnc(N(C)CCS(C)(=O)=O)c1F. The molecule has 102 valence electrons. The van der Waals surface area contributed by atoms with Gasteiger partial charge in [0.15, 0.2) is 11.6 Å². The number of nitrogens with zero attached hydrogens (tertiary/aromatic N) is 2. The molecule has 0 atom stereocenters. The van der Waals surface area contributed by atoms with Gasteiger partial charge in [0.05, 0.1) is 5.75 Å². The largest absolute Gasteiger partial charge is 0.356 e. The molecular formula is C11H18FN3O2S. The molecule has 0 aromatic carbocycles. The molecule has 0 aliphatic heterocycles. The minimum atomic E-state index is -3.06. The van der Waals surface area contributed by atoms with E-state index in [0.29, 0.717) is 12.1 Å². The van der Waals surface area contributed by atoms with E-state index < -0.39 is 15.7 Å². The standard InChI is InChI=1S/C11H18FN3O2S/c1-13-8-9-4-5-14-11(10(9)12)15(2)6-7-18(3,16)17/h4-5,13H,6-8H2,1-3H3. The lowest BCUT2D eigenvalue weighted by atomic mass is 10.2. The number of anilines is 1. The number of pyridine rings is 1. The van der Waals surface area contributed by atoms with Crippen LogP contribution in [0, 0.1) is 5.82 Å². The number of nitrogens with one attached hydrogen (secondary N) is 1. The van der Waals surface area contributed by atoms with E-state index in [4.69, 9.17) is 0 Å². The van der Waals surface area contributed by atoms with Crippen molar-refractivity contribution in [3.63, 3.8) is 0 Å². The third kappa shape index (κ3) is 4.23. The van der Waals surface area contributed by atoms with Gasteiger partial charge in [0.25, 0.3) is 0 Å². The van der Waals surface area contributed by atoms with Crippen molar-refractivity contribution in [1.29, 1.82) is 0 Å². The summed E-state index contributed by atoms with van der Waals surface area (Å²) in [6.45, 7) is 0.618. The molecule has 0 spiro atoms. The highest BCUT2D eigenvalue weighted by atomic mass is 32.2. The van der Waals surface area contributed by atoms with Crippen LogP contribution in [0.15, 0.2) is 12.3 Å². The molecule has 1 heterocycles. The quantitative estimate of drug-likeness (QED) is 0.815. The maximum Gasteiger partial charge on any atom is 0.170 e. The molecule has 1 rings (SSSR count). The Labute approximate surface area is 107 Å². The molecule has 0 saturated carbocycles. The highest BCUT2D eigenvalue weighted by molar-refractivity contribution is 7.90. The molecular weight excluding hydrogens is 257 g/mol. The zero-order valence-electron chi connectivity index (χ0n) is 10.8. The van der Waals surface area contributed by atoms with E-state index in [1.54, 1.807) is 20.2 Å². The Hall–Kier alpha value is -1.21. The first-order chi connectivity index (χ1) is 8.35. The van der Waals surface area contributed by atoms with Gasteiger partial charge < -0.3 is 10.2 Å². The fourth-order valence-electron chi connectivity index (χ4n) is 1.47. The molecule has 0 amide bonds. The molecule has 0 aliphatic carbocycles. The van der Waals surface area contributed by atoms with E-state index >= 15 is 0 Å². The van der Waals surface area contributed by atoms with Crippen molar-refractivity contribution in [3.05, 3.63) is 23.6 Å². The van der Waals surface area contributed by atoms with Gasteiger partial charge >= 0.3 is 0 Å². The molecule has 1 aromatic heterocycles. The summed E-state index contributed by atoms with van der Waals surface area (Å²) in [7, 11) is 0.289. The normalized spacial score (nSPS) is 11.6. The monoisotopic (exact) mass is 275 g/mol. The Morgan fingerprint density at radius 1 is 1.50 bits per heavy atom. The number of hydrogen-bond donors (Lipinski definition) is 1. The Balaban J connectivity index is 2.85. The Morgan fingerprint density at radius 2 is 2.17 bits per heavy atom. The van der Waals surface area contributed by atoms with E-state index in [1.165, 1.54) is 11.1 Å². The summed E-state index contributed by atoms with van der Waals surface area (Å²) in [5.41, 5.74) is 0.508. The molecule has 0 radical (unpaired) electrons. The van der Waals surface area contributed by atoms with Gasteiger partial charge in [0, 0.05) is 38.2 Å². The molecule has 0 saturated heterocycles. The predicted molar refractivity (Wildman–Crippen MR) is 69.9 cm³/mol. The van der Waals surface area contributed by atoms with Crippen LogP contribution in [0.25, 0.3) is 0 Å². The smallest absolute Gasteiger partial charge is 0.170 e. The first-order valence-corrected chi connectivity index (χ1v) is 7.58. The van der Waals surface area contributed by atoms with Gasteiger partial charge in [0.1, 0.15) is 9.84 Å². The maximum absolute atomic E-state index is 14.0. The van der Waals surface area contributed by atoms with Gasteiger partial charge in [-0.15, -0.1) is 0 Å². The summed E-state index contributed by atoms with van der Waals surface area (Å²) in [4.78, 5) is 5.46. The van der Waals surface area contributed by atoms with Gasteiger partial charge in [-0.3, -0.25) is 0 Å². The summed E-state index contributed by atoms with van der Waals surface area (Å²) in [5, 5.41) is 2.87. The van der Waals surface area contributed by atoms with Gasteiger partial charge in [-0.25, -0.2) is 17.8 Å². The molecule has 0 unspecified atom stereocenters. The lowest BCUT2D eigenvalue weighted by Crippen LogP contribution is -2.27. The second-order valence-corrected chi connectivity index (χ2v) is 6.45. The molecule has 1 aromatic rings. The van der Waals surface area contributed by atoms with Crippen LogP contribution < -0.4 is 10.2 Å². The van der Waals surface area contributed by atoms with Crippen LogP contribution in [0.2, 0.25) is 0 Å². The second-order valence-electron chi connectivity index (χ2n) is 4.19. The Morgan fingerprint density at radius 3 is 2.72 bits per heavy atom. The number of sulfone groups is 1. The topological polar surface area (TPSA) is 62.3 Å². The number of halogens is 1. The van der Waals surface area contributed by atoms with E-state index in [0.717, 1.165) is 6.26 Å². The van der Waals surface area contributed by atoms with Crippen LogP contribution in [-0.2, 0) is 16.4 Å². The van der Waals surface area contributed by atoms with E-state index in [2.05, 4.69) is 10.3 Å². The lowest BCUT2D eigenvalue weighted by Gasteiger charge is -2.19. The molecule has 0 fully saturated rings. The van der Waals surface area contributed by atoms with Crippen LogP contribution in [0.1, 0.15) is 5.56 Å². The minimum Gasteiger partial charge on any atom is -0.356 e. The van der Waals surface area contributed by atoms with Gasteiger partial charge in [0.2, 0.25) is 0 Å². The molecule has 7 heteroatoms. The van der Waals surface area contributed by atoms with Gasteiger partial charge in [-0.2, -0.15) is 0 Å². The van der Waals surface area contributed by atoms with E-state index in [-0.39, 0.29) is 18.1 Å². The highest BCUT2D eigenvalue weighted by Gasteiger charge is 2.14. The summed E-state index contributed by atoms with van der Waals surface area (Å²) >= 11 is 0. The number of aromatic nitrogens is 1. The van der Waals surface area contributed by atoms with Gasteiger partial charge in [-0.05, 0) is 13.1 Å². The molecule has 0 bridgehead atoms. The van der Waals surface area contributed by atoms with Crippen LogP contribution in [0.3, 0.4) is 0 Å². The second kappa shape index (κ2) is 6.10. The number of rotatable bonds is 6. The minimum absolute atomic E-state index is 0.0269. The van der Waals surface area contributed by atoms with Crippen LogP contribution in [0.4, 0.5) is 10.2 Å². The van der Waals surface area contributed by atoms with Gasteiger partial charge in [-0.1, -0.05) is 0 Å². The van der Waals surface area contributed by atoms with Crippen molar-refractivity contribution in [2.75, 3.05) is 37.5 Å². The molecule has 0 aliphatic rings. The third-order valence-electron chi connectivity index (χ3n) is 2.48. The fraction of sp³-hybridized carbons (Fsp3) is 0.545. The zero-order chi connectivity index (χ0) is 13.8. The Kier molecular flexibility index (Phi) is 5.03. The van der Waals surface area contributed by atoms with Crippen LogP contribution in [0.5, 0.6) is 0 Å². The van der Waals surface area contributed by atoms with Crippen molar-refractivity contribution in [3.8, 4) is 0 Å². The predicted octanol–water partition coefficient (Wildman–Crippen LogP) is 0.421. The molecule has 5 nitrogen and oxygen atoms in total. The summed E-state index contributed by atoms with van der Waals surface area (Å²) in [6, 6.07) is 1.60. The van der Waals surface area contributed by atoms with Crippen molar-refractivity contribution < 1.29 is 12.8 Å². The van der Waals surface area contributed by atoms with Crippen molar-refractivity contribution in [1.82, 2.24) is 10.3 Å². The summed E-state index contributed by atoms with van der Waals surface area (Å²) in [5.74, 6) is -0.268. The third-order valence-corrected chi connectivity index (χ3v) is 3.40. The average molecular weight is 275 g/mol. The van der Waals surface area contributed by atoms with Crippen molar-refractivity contribution in [2.24, 2.45) is 0 Å².